The zero-order valence-electron chi connectivity index (χ0n) is 19.6. The molecule has 7 heteroatoms. The van der Waals surface area contributed by atoms with Gasteiger partial charge in [0.15, 0.2) is 6.10 Å². The molecular formula is C28H26N2O5. The van der Waals surface area contributed by atoms with E-state index in [1.54, 1.807) is 60.7 Å². The predicted molar refractivity (Wildman–Crippen MR) is 131 cm³/mol. The van der Waals surface area contributed by atoms with E-state index in [2.05, 4.69) is 5.32 Å². The van der Waals surface area contributed by atoms with Gasteiger partial charge in [-0.1, -0.05) is 61.5 Å². The highest BCUT2D eigenvalue weighted by Gasteiger charge is 2.44. The van der Waals surface area contributed by atoms with E-state index >= 15 is 0 Å². The molecule has 0 aromatic heterocycles. The van der Waals surface area contributed by atoms with Gasteiger partial charge >= 0.3 is 5.97 Å². The van der Waals surface area contributed by atoms with Crippen molar-refractivity contribution in [2.24, 2.45) is 0 Å². The van der Waals surface area contributed by atoms with Crippen LogP contribution in [-0.2, 0) is 27.2 Å². The van der Waals surface area contributed by atoms with Crippen LogP contribution in [0, 0.1) is 0 Å². The van der Waals surface area contributed by atoms with Gasteiger partial charge in [-0.25, -0.2) is 4.79 Å². The van der Waals surface area contributed by atoms with Gasteiger partial charge < -0.3 is 10.1 Å². The van der Waals surface area contributed by atoms with Crippen molar-refractivity contribution >= 4 is 29.4 Å². The fourth-order valence-corrected chi connectivity index (χ4v) is 3.98. The van der Waals surface area contributed by atoms with Gasteiger partial charge in [-0.15, -0.1) is 0 Å². The first kappa shape index (κ1) is 23.9. The van der Waals surface area contributed by atoms with Gasteiger partial charge in [-0.2, -0.15) is 0 Å². The van der Waals surface area contributed by atoms with Crippen LogP contribution in [0.1, 0.15) is 45.7 Å². The van der Waals surface area contributed by atoms with Crippen molar-refractivity contribution in [1.29, 1.82) is 0 Å². The standard InChI is InChI=1S/C28H26N2O5/c1-3-19-13-15-21(16-14-19)29-25(31)18(2)35-28(34)24(17-20-9-5-4-6-10-20)30-26(32)22-11-7-8-12-23(22)27(30)33/h4-16,18,24H,3,17H2,1-2H3,(H,29,31)/t18-,24-/m0/s1. The minimum Gasteiger partial charge on any atom is -0.451 e. The molecule has 0 bridgehead atoms. The number of anilines is 1. The number of rotatable bonds is 8. The first-order valence-corrected chi connectivity index (χ1v) is 11.5. The molecule has 0 aliphatic carbocycles. The lowest BCUT2D eigenvalue weighted by Crippen LogP contribution is -2.48. The number of nitrogens with one attached hydrogen (secondary N) is 1. The Hall–Kier alpha value is -4.26. The summed E-state index contributed by atoms with van der Waals surface area (Å²) in [6.07, 6.45) is -0.192. The van der Waals surface area contributed by atoms with Gasteiger partial charge in [0.05, 0.1) is 11.1 Å². The molecule has 7 nitrogen and oxygen atoms in total. The number of esters is 1. The number of imide groups is 1. The molecule has 1 N–H and O–H groups in total. The quantitative estimate of drug-likeness (QED) is 0.396. The van der Waals surface area contributed by atoms with Crippen LogP contribution in [0.25, 0.3) is 0 Å². The molecule has 178 valence electrons. The Morgan fingerprint density at radius 1 is 0.829 bits per heavy atom. The van der Waals surface area contributed by atoms with Crippen LogP contribution in [0.2, 0.25) is 0 Å². The number of ether oxygens (including phenoxy) is 1. The lowest BCUT2D eigenvalue weighted by atomic mass is 10.0. The Labute approximate surface area is 203 Å². The fourth-order valence-electron chi connectivity index (χ4n) is 3.98. The Balaban J connectivity index is 1.53. The summed E-state index contributed by atoms with van der Waals surface area (Å²) in [6, 6.07) is 21.6. The summed E-state index contributed by atoms with van der Waals surface area (Å²) in [7, 11) is 0. The summed E-state index contributed by atoms with van der Waals surface area (Å²) < 4.78 is 5.47. The van der Waals surface area contributed by atoms with E-state index in [0.29, 0.717) is 5.69 Å². The predicted octanol–water partition coefficient (Wildman–Crippen LogP) is 4.03. The van der Waals surface area contributed by atoms with Crippen LogP contribution >= 0.6 is 0 Å². The summed E-state index contributed by atoms with van der Waals surface area (Å²) >= 11 is 0. The van der Waals surface area contributed by atoms with E-state index in [9.17, 15) is 19.2 Å². The maximum Gasteiger partial charge on any atom is 0.330 e. The van der Waals surface area contributed by atoms with E-state index < -0.39 is 35.8 Å². The zero-order chi connectivity index (χ0) is 24.9. The number of nitrogens with zero attached hydrogens (tertiary/aromatic N) is 1. The molecule has 1 heterocycles. The van der Waals surface area contributed by atoms with Crippen molar-refractivity contribution in [3.05, 3.63) is 101 Å². The molecule has 35 heavy (non-hydrogen) atoms. The van der Waals surface area contributed by atoms with Crippen LogP contribution in [0.3, 0.4) is 0 Å². The molecular weight excluding hydrogens is 444 g/mol. The maximum atomic E-state index is 13.3. The molecule has 3 amide bonds. The number of hydrogen-bond acceptors (Lipinski definition) is 5. The summed E-state index contributed by atoms with van der Waals surface area (Å²) in [5.74, 6) is -2.45. The molecule has 3 aromatic rings. The lowest BCUT2D eigenvalue weighted by molar-refractivity contribution is -0.157. The molecule has 1 aliphatic heterocycles. The van der Waals surface area contributed by atoms with Crippen LogP contribution in [0.15, 0.2) is 78.9 Å². The molecule has 1 aliphatic rings. The summed E-state index contributed by atoms with van der Waals surface area (Å²) in [5.41, 5.74) is 2.94. The molecule has 0 saturated carbocycles. The van der Waals surface area contributed by atoms with Crippen LogP contribution in [-0.4, -0.2) is 40.7 Å². The third kappa shape index (κ3) is 5.14. The first-order chi connectivity index (χ1) is 16.9. The maximum absolute atomic E-state index is 13.3. The molecule has 3 aromatic carbocycles. The highest BCUT2D eigenvalue weighted by molar-refractivity contribution is 6.22. The second kappa shape index (κ2) is 10.3. The fraction of sp³-hybridized carbons (Fsp3) is 0.214. The summed E-state index contributed by atoms with van der Waals surface area (Å²) in [6.45, 7) is 3.49. The van der Waals surface area contributed by atoms with Crippen molar-refractivity contribution in [2.45, 2.75) is 38.8 Å². The molecule has 0 spiro atoms. The average molecular weight is 471 g/mol. The van der Waals surface area contributed by atoms with E-state index in [-0.39, 0.29) is 17.5 Å². The number of hydrogen-bond donors (Lipinski definition) is 1. The van der Waals surface area contributed by atoms with E-state index in [1.165, 1.54) is 6.92 Å². The number of benzene rings is 3. The number of fused-ring (bicyclic) bond motifs is 1. The van der Waals surface area contributed by atoms with Gasteiger partial charge in [-0.05, 0) is 48.7 Å². The van der Waals surface area contributed by atoms with Gasteiger partial charge in [0.2, 0.25) is 0 Å². The summed E-state index contributed by atoms with van der Waals surface area (Å²) in [5, 5.41) is 2.72. The highest BCUT2D eigenvalue weighted by atomic mass is 16.5. The second-order valence-electron chi connectivity index (χ2n) is 8.35. The third-order valence-corrected chi connectivity index (χ3v) is 5.97. The van der Waals surface area contributed by atoms with Gasteiger partial charge in [-0.3, -0.25) is 19.3 Å². The van der Waals surface area contributed by atoms with Gasteiger partial charge in [0, 0.05) is 12.1 Å². The second-order valence-corrected chi connectivity index (χ2v) is 8.35. The van der Waals surface area contributed by atoms with Crippen molar-refractivity contribution in [2.75, 3.05) is 5.32 Å². The number of aryl methyl sites for hydroxylation is 1. The third-order valence-electron chi connectivity index (χ3n) is 5.97. The van der Waals surface area contributed by atoms with Crippen molar-refractivity contribution < 1.29 is 23.9 Å². The molecule has 0 fully saturated rings. The Morgan fingerprint density at radius 2 is 1.40 bits per heavy atom. The summed E-state index contributed by atoms with van der Waals surface area (Å²) in [4.78, 5) is 53.0. The van der Waals surface area contributed by atoms with Crippen LogP contribution in [0.5, 0.6) is 0 Å². The van der Waals surface area contributed by atoms with E-state index in [4.69, 9.17) is 4.74 Å². The monoisotopic (exact) mass is 470 g/mol. The van der Waals surface area contributed by atoms with Gasteiger partial charge in [0.25, 0.3) is 17.7 Å². The average Bonchev–Trinajstić information content (AvgIpc) is 3.13. The number of amides is 3. The topological polar surface area (TPSA) is 92.8 Å². The number of carbonyl (C=O) groups is 4. The van der Waals surface area contributed by atoms with Crippen molar-refractivity contribution in [3.63, 3.8) is 0 Å². The van der Waals surface area contributed by atoms with Crippen molar-refractivity contribution in [3.8, 4) is 0 Å². The molecule has 0 unspecified atom stereocenters. The zero-order valence-corrected chi connectivity index (χ0v) is 19.6. The van der Waals surface area contributed by atoms with Crippen LogP contribution < -0.4 is 5.32 Å². The molecule has 0 radical (unpaired) electrons. The molecule has 0 saturated heterocycles. The van der Waals surface area contributed by atoms with Crippen molar-refractivity contribution in [1.82, 2.24) is 4.90 Å². The van der Waals surface area contributed by atoms with E-state index in [1.807, 2.05) is 25.1 Å². The van der Waals surface area contributed by atoms with Gasteiger partial charge in [0.1, 0.15) is 6.04 Å². The minimum atomic E-state index is -1.22. The smallest absolute Gasteiger partial charge is 0.330 e. The Bertz CT molecular complexity index is 1220. The first-order valence-electron chi connectivity index (χ1n) is 11.5. The SMILES string of the molecule is CCc1ccc(NC(=O)[C@H](C)OC(=O)[C@H](Cc2ccccc2)N2C(=O)c3ccccc3C2=O)cc1. The minimum absolute atomic E-state index is 0.0674. The van der Waals surface area contributed by atoms with E-state index in [0.717, 1.165) is 22.4 Å². The normalized spacial score (nSPS) is 14.3. The molecule has 2 atom stereocenters. The Kier molecular flexibility index (Phi) is 7.06. The number of carbonyl (C=O) groups excluding carboxylic acids is 4. The lowest BCUT2D eigenvalue weighted by Gasteiger charge is -2.26. The largest absolute Gasteiger partial charge is 0.451 e. The highest BCUT2D eigenvalue weighted by Crippen LogP contribution is 2.27. The molecule has 4 rings (SSSR count). The van der Waals surface area contributed by atoms with Crippen LogP contribution in [0.4, 0.5) is 5.69 Å². The Morgan fingerprint density at radius 3 is 1.97 bits per heavy atom.